The van der Waals surface area contributed by atoms with Crippen molar-refractivity contribution >= 4 is 0 Å². The Kier molecular flexibility index (Phi) is 8.84. The van der Waals surface area contributed by atoms with Gasteiger partial charge < -0.3 is 9.47 Å². The minimum atomic E-state index is -0.174. The van der Waals surface area contributed by atoms with E-state index in [0.29, 0.717) is 13.2 Å². The fourth-order valence-corrected chi connectivity index (χ4v) is 0.893. The first kappa shape index (κ1) is 15.8. The van der Waals surface area contributed by atoms with E-state index in [9.17, 15) is 0 Å². The minimum absolute atomic E-state index is 0.0422. The van der Waals surface area contributed by atoms with Gasteiger partial charge in [0.1, 0.15) is 6.10 Å². The highest BCUT2D eigenvalue weighted by Gasteiger charge is 2.14. The zero-order valence-corrected chi connectivity index (χ0v) is 11.4. The van der Waals surface area contributed by atoms with Crippen molar-refractivity contribution in [1.29, 1.82) is 0 Å². The van der Waals surface area contributed by atoms with Gasteiger partial charge in [-0.1, -0.05) is 0 Å². The van der Waals surface area contributed by atoms with Gasteiger partial charge in [-0.2, -0.15) is 0 Å². The maximum absolute atomic E-state index is 5.48. The fourth-order valence-electron chi connectivity index (χ4n) is 0.893. The van der Waals surface area contributed by atoms with Crippen LogP contribution in [0.25, 0.3) is 0 Å². The second-order valence-electron chi connectivity index (χ2n) is 4.63. The highest BCUT2D eigenvalue weighted by Crippen LogP contribution is 2.03. The lowest BCUT2D eigenvalue weighted by atomic mass is 10.4. The number of ether oxygens (including phenoxy) is 2. The summed E-state index contributed by atoms with van der Waals surface area (Å²) in [6.45, 7) is 12.8. The van der Waals surface area contributed by atoms with Gasteiger partial charge in [-0.3, -0.25) is 0 Å². The average molecular weight is 234 g/mol. The molecular formula is C12H26O4. The second kappa shape index (κ2) is 8.93. The van der Waals surface area contributed by atoms with Crippen LogP contribution in [-0.4, -0.2) is 37.6 Å². The van der Waals surface area contributed by atoms with Crippen molar-refractivity contribution in [3.63, 3.8) is 0 Å². The van der Waals surface area contributed by atoms with Crippen LogP contribution in [0.15, 0.2) is 0 Å². The SMILES string of the molecule is CC(C)OCC(COC(C)C)OOC(C)C. The summed E-state index contributed by atoms with van der Waals surface area (Å²) in [6.07, 6.45) is 0.237. The van der Waals surface area contributed by atoms with Gasteiger partial charge in [0.25, 0.3) is 0 Å². The highest BCUT2D eigenvalue weighted by molar-refractivity contribution is 4.55. The summed E-state index contributed by atoms with van der Waals surface area (Å²) >= 11 is 0. The Hall–Kier alpha value is -0.160. The highest BCUT2D eigenvalue weighted by atomic mass is 17.2. The number of hydrogen-bond acceptors (Lipinski definition) is 4. The third-order valence-electron chi connectivity index (χ3n) is 1.61. The van der Waals surface area contributed by atoms with Crippen molar-refractivity contribution in [3.8, 4) is 0 Å². The van der Waals surface area contributed by atoms with Crippen molar-refractivity contribution in [2.75, 3.05) is 13.2 Å². The van der Waals surface area contributed by atoms with E-state index in [1.807, 2.05) is 41.5 Å². The Morgan fingerprint density at radius 1 is 0.625 bits per heavy atom. The van der Waals surface area contributed by atoms with Crippen LogP contribution in [0.4, 0.5) is 0 Å². The first-order chi connectivity index (χ1) is 7.41. The van der Waals surface area contributed by atoms with E-state index < -0.39 is 0 Å². The standard InChI is InChI=1S/C12H26O4/c1-9(2)13-7-12(8-14-10(3)4)16-15-11(5)6/h9-12H,7-8H2,1-6H3. The number of hydrogen-bond donors (Lipinski definition) is 0. The number of rotatable bonds is 9. The van der Waals surface area contributed by atoms with Crippen molar-refractivity contribution in [2.45, 2.75) is 66.0 Å². The van der Waals surface area contributed by atoms with Crippen molar-refractivity contribution in [1.82, 2.24) is 0 Å². The molecule has 0 rings (SSSR count). The summed E-state index contributed by atoms with van der Waals surface area (Å²) in [5, 5.41) is 0. The molecule has 0 aliphatic heterocycles. The average Bonchev–Trinajstić information content (AvgIpc) is 2.15. The Morgan fingerprint density at radius 2 is 1.06 bits per heavy atom. The molecular weight excluding hydrogens is 208 g/mol. The molecule has 0 unspecified atom stereocenters. The van der Waals surface area contributed by atoms with Gasteiger partial charge in [0.2, 0.25) is 0 Å². The van der Waals surface area contributed by atoms with Gasteiger partial charge in [-0.05, 0) is 41.5 Å². The molecule has 0 aliphatic rings. The normalized spacial score (nSPS) is 12.4. The largest absolute Gasteiger partial charge is 0.376 e. The molecule has 0 N–H and O–H groups in total. The Balaban J connectivity index is 3.85. The van der Waals surface area contributed by atoms with Crippen LogP contribution in [-0.2, 0) is 19.2 Å². The van der Waals surface area contributed by atoms with Crippen molar-refractivity contribution in [2.24, 2.45) is 0 Å². The van der Waals surface area contributed by atoms with Gasteiger partial charge in [-0.15, -0.1) is 0 Å². The Morgan fingerprint density at radius 3 is 1.38 bits per heavy atom. The lowest BCUT2D eigenvalue weighted by Crippen LogP contribution is -2.29. The summed E-state index contributed by atoms with van der Waals surface area (Å²) in [7, 11) is 0. The predicted octanol–water partition coefficient (Wildman–Crippen LogP) is 2.56. The van der Waals surface area contributed by atoms with E-state index in [1.54, 1.807) is 0 Å². The maximum Gasteiger partial charge on any atom is 0.139 e. The maximum atomic E-state index is 5.48. The molecule has 0 saturated heterocycles. The first-order valence-electron chi connectivity index (χ1n) is 5.97. The van der Waals surface area contributed by atoms with Crippen LogP contribution in [0.1, 0.15) is 41.5 Å². The molecule has 0 aromatic carbocycles. The van der Waals surface area contributed by atoms with Crippen LogP contribution >= 0.6 is 0 Å². The second-order valence-corrected chi connectivity index (χ2v) is 4.63. The van der Waals surface area contributed by atoms with E-state index in [4.69, 9.17) is 19.2 Å². The zero-order chi connectivity index (χ0) is 12.6. The molecule has 4 nitrogen and oxygen atoms in total. The Bertz CT molecular complexity index is 129. The molecule has 0 aliphatic carbocycles. The molecule has 0 amide bonds. The predicted molar refractivity (Wildman–Crippen MR) is 63.3 cm³/mol. The van der Waals surface area contributed by atoms with Crippen LogP contribution in [0, 0.1) is 0 Å². The fraction of sp³-hybridized carbons (Fsp3) is 1.00. The molecule has 0 atom stereocenters. The van der Waals surface area contributed by atoms with Gasteiger partial charge >= 0.3 is 0 Å². The summed E-state index contributed by atoms with van der Waals surface area (Å²) in [4.78, 5) is 10.4. The molecule has 0 radical (unpaired) electrons. The van der Waals surface area contributed by atoms with Gasteiger partial charge in [0.15, 0.2) is 0 Å². The quantitative estimate of drug-likeness (QED) is 0.454. The molecule has 98 valence electrons. The lowest BCUT2D eigenvalue weighted by molar-refractivity contribution is -0.356. The van der Waals surface area contributed by atoms with E-state index in [2.05, 4.69) is 0 Å². The summed E-state index contributed by atoms with van der Waals surface area (Å²) < 4.78 is 11.0. The van der Waals surface area contributed by atoms with Crippen LogP contribution in [0.3, 0.4) is 0 Å². The topological polar surface area (TPSA) is 36.9 Å². The van der Waals surface area contributed by atoms with E-state index in [1.165, 1.54) is 0 Å². The van der Waals surface area contributed by atoms with E-state index >= 15 is 0 Å². The summed E-state index contributed by atoms with van der Waals surface area (Å²) in [5.74, 6) is 0. The molecule has 0 spiro atoms. The Labute approximate surface area is 99.1 Å². The molecule has 0 heterocycles. The first-order valence-corrected chi connectivity index (χ1v) is 5.97. The van der Waals surface area contributed by atoms with Gasteiger partial charge in [0.05, 0.1) is 31.5 Å². The van der Waals surface area contributed by atoms with Crippen LogP contribution in [0.2, 0.25) is 0 Å². The van der Waals surface area contributed by atoms with Crippen molar-refractivity contribution in [3.05, 3.63) is 0 Å². The monoisotopic (exact) mass is 234 g/mol. The molecule has 0 aromatic heterocycles. The molecule has 4 heteroatoms. The molecule has 0 aromatic rings. The lowest BCUT2D eigenvalue weighted by Gasteiger charge is -2.20. The van der Waals surface area contributed by atoms with E-state index in [0.717, 1.165) is 0 Å². The molecule has 0 bridgehead atoms. The van der Waals surface area contributed by atoms with Crippen LogP contribution < -0.4 is 0 Å². The molecule has 16 heavy (non-hydrogen) atoms. The molecule has 0 fully saturated rings. The van der Waals surface area contributed by atoms with E-state index in [-0.39, 0.29) is 24.4 Å². The third kappa shape index (κ3) is 10.4. The minimum Gasteiger partial charge on any atom is -0.376 e. The third-order valence-corrected chi connectivity index (χ3v) is 1.61. The van der Waals surface area contributed by atoms with Gasteiger partial charge in [0, 0.05) is 0 Å². The van der Waals surface area contributed by atoms with Crippen LogP contribution in [0.5, 0.6) is 0 Å². The summed E-state index contributed by atoms with van der Waals surface area (Å²) in [5.41, 5.74) is 0. The zero-order valence-electron chi connectivity index (χ0n) is 11.4. The van der Waals surface area contributed by atoms with Gasteiger partial charge in [-0.25, -0.2) is 9.78 Å². The molecule has 0 saturated carbocycles. The van der Waals surface area contributed by atoms with Crippen molar-refractivity contribution < 1.29 is 19.2 Å². The summed E-state index contributed by atoms with van der Waals surface area (Å²) in [6, 6.07) is 0. The smallest absolute Gasteiger partial charge is 0.139 e.